The molecule has 0 bridgehead atoms. The lowest BCUT2D eigenvalue weighted by molar-refractivity contribution is -0.145. The van der Waals surface area contributed by atoms with Crippen molar-refractivity contribution in [1.82, 2.24) is 10.3 Å². The van der Waals surface area contributed by atoms with Crippen molar-refractivity contribution in [3.8, 4) is 0 Å². The zero-order valence-corrected chi connectivity index (χ0v) is 20.1. The van der Waals surface area contributed by atoms with Crippen molar-refractivity contribution in [3.05, 3.63) is 29.6 Å². The number of esters is 1. The number of hydrogen-bond donors (Lipinski definition) is 2. The molecule has 1 aliphatic rings. The molecule has 1 heterocycles. The van der Waals surface area contributed by atoms with E-state index in [1.165, 1.54) is 0 Å². The Morgan fingerprint density at radius 1 is 1.21 bits per heavy atom. The van der Waals surface area contributed by atoms with Gasteiger partial charge in [0.15, 0.2) is 0 Å². The highest BCUT2D eigenvalue weighted by molar-refractivity contribution is 5.84. The average molecular weight is 463 g/mol. The minimum Gasteiger partial charge on any atom is -0.481 e. The van der Waals surface area contributed by atoms with Gasteiger partial charge in [-0.1, -0.05) is 32.3 Å². The van der Waals surface area contributed by atoms with Crippen LogP contribution in [0.3, 0.4) is 0 Å². The minimum atomic E-state index is -0.853. The molecule has 2 atom stereocenters. The van der Waals surface area contributed by atoms with Crippen molar-refractivity contribution in [2.24, 2.45) is 11.3 Å². The third-order valence-corrected chi connectivity index (χ3v) is 6.28. The molecule has 2 rings (SSSR count). The smallest absolute Gasteiger partial charge is 0.307 e. The normalized spacial score (nSPS) is 16.7. The second-order valence-corrected chi connectivity index (χ2v) is 9.02. The van der Waals surface area contributed by atoms with Crippen molar-refractivity contribution in [2.45, 2.75) is 84.8 Å². The zero-order chi connectivity index (χ0) is 24.3. The molecule has 0 aliphatic heterocycles. The summed E-state index contributed by atoms with van der Waals surface area (Å²) in [7, 11) is 0. The van der Waals surface area contributed by atoms with E-state index in [9.17, 15) is 19.5 Å². The van der Waals surface area contributed by atoms with Crippen LogP contribution < -0.4 is 5.32 Å². The molecule has 8 nitrogen and oxygen atoms in total. The largest absolute Gasteiger partial charge is 0.481 e. The molecule has 2 N–H and O–H groups in total. The van der Waals surface area contributed by atoms with Crippen molar-refractivity contribution >= 4 is 17.8 Å². The maximum Gasteiger partial charge on any atom is 0.307 e. The van der Waals surface area contributed by atoms with Crippen molar-refractivity contribution in [1.29, 1.82) is 0 Å². The summed E-state index contributed by atoms with van der Waals surface area (Å²) < 4.78 is 10.9. The molecule has 2 unspecified atom stereocenters. The van der Waals surface area contributed by atoms with Gasteiger partial charge in [0.2, 0.25) is 5.91 Å². The van der Waals surface area contributed by atoms with Crippen molar-refractivity contribution < 1.29 is 29.0 Å². The van der Waals surface area contributed by atoms with Crippen molar-refractivity contribution in [2.75, 3.05) is 13.2 Å². The predicted molar refractivity (Wildman–Crippen MR) is 123 cm³/mol. The van der Waals surface area contributed by atoms with E-state index in [2.05, 4.69) is 10.3 Å². The van der Waals surface area contributed by atoms with Crippen LogP contribution in [0.15, 0.2) is 18.3 Å². The zero-order valence-electron chi connectivity index (χ0n) is 20.1. The third-order valence-electron chi connectivity index (χ3n) is 6.28. The van der Waals surface area contributed by atoms with Crippen LogP contribution in [0.1, 0.15) is 76.5 Å². The third kappa shape index (κ3) is 8.42. The van der Waals surface area contributed by atoms with Gasteiger partial charge >= 0.3 is 11.9 Å². The van der Waals surface area contributed by atoms with Crippen LogP contribution in [-0.2, 0) is 30.5 Å². The van der Waals surface area contributed by atoms with Crippen LogP contribution in [0.25, 0.3) is 0 Å². The van der Waals surface area contributed by atoms with Crippen LogP contribution in [0.5, 0.6) is 0 Å². The van der Waals surface area contributed by atoms with E-state index >= 15 is 0 Å². The lowest BCUT2D eigenvalue weighted by Crippen LogP contribution is -2.48. The summed E-state index contributed by atoms with van der Waals surface area (Å²) in [4.78, 5) is 41.6. The molecule has 1 amide bonds. The Balaban J connectivity index is 2.07. The summed E-state index contributed by atoms with van der Waals surface area (Å²) >= 11 is 0. The molecular weight excluding hydrogens is 424 g/mol. The second-order valence-electron chi connectivity index (χ2n) is 9.02. The van der Waals surface area contributed by atoms with E-state index in [0.29, 0.717) is 32.3 Å². The van der Waals surface area contributed by atoms with Gasteiger partial charge in [-0.3, -0.25) is 19.4 Å². The fraction of sp³-hybridized carbons (Fsp3) is 0.680. The number of carboxylic acids is 1. The number of nitrogens with one attached hydrogen (secondary N) is 1. The number of rotatable bonds is 14. The first-order valence-corrected chi connectivity index (χ1v) is 12.0. The average Bonchev–Trinajstić information content (AvgIpc) is 3.25. The number of aromatic nitrogens is 1. The number of pyridine rings is 1. The number of aryl methyl sites for hydroxylation is 1. The maximum atomic E-state index is 13.4. The Labute approximate surface area is 196 Å². The fourth-order valence-electron chi connectivity index (χ4n) is 4.52. The summed E-state index contributed by atoms with van der Waals surface area (Å²) in [6.07, 6.45) is 6.47. The van der Waals surface area contributed by atoms with Crippen LogP contribution in [0.2, 0.25) is 0 Å². The first-order valence-electron chi connectivity index (χ1n) is 12.0. The number of carbonyl (C=O) groups excluding carboxylic acids is 2. The number of carboxylic acid groups (broad SMARTS) is 1. The van der Waals surface area contributed by atoms with E-state index < -0.39 is 29.3 Å². The van der Waals surface area contributed by atoms with Gasteiger partial charge in [-0.25, -0.2) is 0 Å². The van der Waals surface area contributed by atoms with Gasteiger partial charge < -0.3 is 19.9 Å². The second kappa shape index (κ2) is 13.3. The highest BCUT2D eigenvalue weighted by atomic mass is 16.5. The number of ether oxygens (including phenoxy) is 2. The Hall–Kier alpha value is -2.48. The summed E-state index contributed by atoms with van der Waals surface area (Å²) in [5, 5.41) is 12.6. The molecular formula is C25H38N2O6. The quantitative estimate of drug-likeness (QED) is 0.404. The molecule has 1 saturated carbocycles. The summed E-state index contributed by atoms with van der Waals surface area (Å²) in [6, 6.07) is 3.27. The molecule has 1 aliphatic carbocycles. The molecule has 0 aromatic carbocycles. The van der Waals surface area contributed by atoms with Crippen LogP contribution in [0, 0.1) is 18.3 Å². The lowest BCUT2D eigenvalue weighted by atomic mass is 9.75. The maximum absolute atomic E-state index is 13.4. The Kier molecular flexibility index (Phi) is 10.8. The van der Waals surface area contributed by atoms with Crippen LogP contribution >= 0.6 is 0 Å². The number of aliphatic carboxylic acids is 1. The van der Waals surface area contributed by atoms with E-state index in [1.54, 1.807) is 13.1 Å². The monoisotopic (exact) mass is 462 g/mol. The standard InChI is InChI=1S/C25H38N2O6/c1-4-8-20(23(29)30)14-25(11-6-7-12-25)24(31)27-21(13-22(28)33-5-2)17-32-16-19-10-9-18(3)26-15-19/h9-10,15,20-21H,4-8,11-14,16-17H2,1-3H3,(H,27,31)(H,29,30). The molecule has 184 valence electrons. The number of nitrogens with zero attached hydrogens (tertiary/aromatic N) is 1. The topological polar surface area (TPSA) is 115 Å². The first-order chi connectivity index (χ1) is 15.8. The molecule has 8 heteroatoms. The number of hydrogen-bond acceptors (Lipinski definition) is 6. The van der Waals surface area contributed by atoms with Gasteiger partial charge in [0.25, 0.3) is 0 Å². The number of carbonyl (C=O) groups is 3. The van der Waals surface area contributed by atoms with E-state index in [0.717, 1.165) is 30.5 Å². The predicted octanol–water partition coefficient (Wildman–Crippen LogP) is 3.80. The van der Waals surface area contributed by atoms with Crippen molar-refractivity contribution in [3.63, 3.8) is 0 Å². The summed E-state index contributed by atoms with van der Waals surface area (Å²) in [6.45, 7) is 6.31. The highest BCUT2D eigenvalue weighted by Gasteiger charge is 2.44. The van der Waals surface area contributed by atoms with E-state index in [4.69, 9.17) is 9.47 Å². The fourth-order valence-corrected chi connectivity index (χ4v) is 4.52. The van der Waals surface area contributed by atoms with Gasteiger partial charge in [0, 0.05) is 11.9 Å². The SMILES string of the molecule is CCCC(CC1(C(=O)NC(COCc2ccc(C)nc2)CC(=O)OCC)CCCC1)C(=O)O. The van der Waals surface area contributed by atoms with E-state index in [1.807, 2.05) is 26.0 Å². The molecule has 1 aromatic heterocycles. The lowest BCUT2D eigenvalue weighted by Gasteiger charge is -2.32. The molecule has 0 spiro atoms. The van der Waals surface area contributed by atoms with Gasteiger partial charge in [-0.2, -0.15) is 0 Å². The number of amides is 1. The van der Waals surface area contributed by atoms with Gasteiger partial charge in [0.1, 0.15) is 0 Å². The minimum absolute atomic E-state index is 0.000866. The molecule has 0 radical (unpaired) electrons. The summed E-state index contributed by atoms with van der Waals surface area (Å²) in [5.41, 5.74) is 1.10. The molecule has 1 aromatic rings. The Morgan fingerprint density at radius 2 is 1.94 bits per heavy atom. The Morgan fingerprint density at radius 3 is 2.52 bits per heavy atom. The van der Waals surface area contributed by atoms with Gasteiger partial charge in [0.05, 0.1) is 43.6 Å². The molecule has 33 heavy (non-hydrogen) atoms. The Bertz CT molecular complexity index is 774. The summed E-state index contributed by atoms with van der Waals surface area (Å²) in [5.74, 6) is -1.99. The van der Waals surface area contributed by atoms with Crippen LogP contribution in [0.4, 0.5) is 0 Å². The van der Waals surface area contributed by atoms with Gasteiger partial charge in [-0.15, -0.1) is 0 Å². The van der Waals surface area contributed by atoms with Crippen LogP contribution in [-0.4, -0.2) is 47.2 Å². The van der Waals surface area contributed by atoms with E-state index in [-0.39, 0.29) is 25.5 Å². The molecule has 0 saturated heterocycles. The van der Waals surface area contributed by atoms with Gasteiger partial charge in [-0.05, 0) is 51.2 Å². The first kappa shape index (κ1) is 26.8. The molecule has 1 fully saturated rings. The highest BCUT2D eigenvalue weighted by Crippen LogP contribution is 2.44.